The SMILES string of the molecule is COCCNC(=O)CSc1nnc(-c2ccc(C(C)(C)C)cc2)n1Cc1ccco1. The zero-order valence-corrected chi connectivity index (χ0v) is 18.7. The highest BCUT2D eigenvalue weighted by Gasteiger charge is 2.18. The molecule has 0 saturated heterocycles. The number of carbonyl (C=O) groups is 1. The first kappa shape index (κ1) is 22.1. The van der Waals surface area contributed by atoms with Crippen LogP contribution in [0.25, 0.3) is 11.4 Å². The number of hydrogen-bond acceptors (Lipinski definition) is 6. The van der Waals surface area contributed by atoms with E-state index in [2.05, 4.69) is 60.6 Å². The first-order valence-electron chi connectivity index (χ1n) is 9.83. The second kappa shape index (κ2) is 9.95. The third kappa shape index (κ3) is 5.73. The molecule has 3 rings (SSSR count). The van der Waals surface area contributed by atoms with E-state index in [-0.39, 0.29) is 17.1 Å². The van der Waals surface area contributed by atoms with Crippen molar-refractivity contribution in [3.8, 4) is 11.4 Å². The number of carbonyl (C=O) groups excluding carboxylic acids is 1. The fraction of sp³-hybridized carbons (Fsp3) is 0.409. The molecule has 1 N–H and O–H groups in total. The van der Waals surface area contributed by atoms with Crippen molar-refractivity contribution in [1.29, 1.82) is 0 Å². The zero-order chi connectivity index (χ0) is 21.6. The lowest BCUT2D eigenvalue weighted by Crippen LogP contribution is -2.28. The number of furan rings is 1. The Kier molecular flexibility index (Phi) is 7.33. The Labute approximate surface area is 181 Å². The van der Waals surface area contributed by atoms with E-state index >= 15 is 0 Å². The number of hydrogen-bond donors (Lipinski definition) is 1. The van der Waals surface area contributed by atoms with Crippen molar-refractivity contribution in [3.63, 3.8) is 0 Å². The summed E-state index contributed by atoms with van der Waals surface area (Å²) in [5, 5.41) is 12.2. The Balaban J connectivity index is 1.82. The lowest BCUT2D eigenvalue weighted by atomic mass is 9.87. The molecule has 0 atom stereocenters. The predicted molar refractivity (Wildman–Crippen MR) is 118 cm³/mol. The van der Waals surface area contributed by atoms with Crippen LogP contribution < -0.4 is 5.32 Å². The Morgan fingerprint density at radius 2 is 1.97 bits per heavy atom. The van der Waals surface area contributed by atoms with Crippen LogP contribution >= 0.6 is 11.8 Å². The van der Waals surface area contributed by atoms with Crippen LogP contribution in [0.2, 0.25) is 0 Å². The van der Waals surface area contributed by atoms with Gasteiger partial charge in [0, 0.05) is 19.2 Å². The average Bonchev–Trinajstić information content (AvgIpc) is 3.36. The molecule has 0 fully saturated rings. The van der Waals surface area contributed by atoms with E-state index in [1.165, 1.54) is 17.3 Å². The van der Waals surface area contributed by atoms with Gasteiger partial charge in [-0.05, 0) is 23.1 Å². The summed E-state index contributed by atoms with van der Waals surface area (Å²) in [7, 11) is 1.60. The molecule has 0 unspecified atom stereocenters. The van der Waals surface area contributed by atoms with Crippen molar-refractivity contribution in [2.45, 2.75) is 37.9 Å². The fourth-order valence-corrected chi connectivity index (χ4v) is 3.67. The van der Waals surface area contributed by atoms with Crippen LogP contribution in [0.5, 0.6) is 0 Å². The molecular formula is C22H28N4O3S. The van der Waals surface area contributed by atoms with Gasteiger partial charge in [0.25, 0.3) is 0 Å². The number of nitrogens with zero attached hydrogens (tertiary/aromatic N) is 3. The molecule has 0 bridgehead atoms. The number of ether oxygens (including phenoxy) is 1. The third-order valence-electron chi connectivity index (χ3n) is 4.58. The Hall–Kier alpha value is -2.58. The molecule has 30 heavy (non-hydrogen) atoms. The molecule has 3 aromatic rings. The second-order valence-corrected chi connectivity index (χ2v) is 8.87. The molecule has 0 radical (unpaired) electrons. The highest BCUT2D eigenvalue weighted by atomic mass is 32.2. The Morgan fingerprint density at radius 3 is 2.60 bits per heavy atom. The number of benzene rings is 1. The molecule has 0 spiro atoms. The van der Waals surface area contributed by atoms with Gasteiger partial charge in [-0.15, -0.1) is 10.2 Å². The molecular weight excluding hydrogens is 400 g/mol. The molecule has 2 aromatic heterocycles. The van der Waals surface area contributed by atoms with Gasteiger partial charge in [0.05, 0.1) is 25.2 Å². The molecule has 0 aliphatic rings. The van der Waals surface area contributed by atoms with Gasteiger partial charge < -0.3 is 14.5 Å². The van der Waals surface area contributed by atoms with Gasteiger partial charge in [-0.1, -0.05) is 56.8 Å². The number of amides is 1. The molecule has 0 aliphatic heterocycles. The number of aromatic nitrogens is 3. The predicted octanol–water partition coefficient (Wildman–Crippen LogP) is 3.74. The van der Waals surface area contributed by atoms with Crippen LogP contribution in [0.3, 0.4) is 0 Å². The molecule has 2 heterocycles. The average molecular weight is 429 g/mol. The van der Waals surface area contributed by atoms with E-state index in [0.717, 1.165) is 17.1 Å². The minimum absolute atomic E-state index is 0.0688. The van der Waals surface area contributed by atoms with Crippen molar-refractivity contribution < 1.29 is 13.9 Å². The van der Waals surface area contributed by atoms with Gasteiger partial charge in [-0.3, -0.25) is 9.36 Å². The summed E-state index contributed by atoms with van der Waals surface area (Å²) in [4.78, 5) is 12.1. The topological polar surface area (TPSA) is 82.2 Å². The van der Waals surface area contributed by atoms with Gasteiger partial charge in [-0.25, -0.2) is 0 Å². The monoisotopic (exact) mass is 428 g/mol. The van der Waals surface area contributed by atoms with Crippen molar-refractivity contribution in [2.24, 2.45) is 0 Å². The van der Waals surface area contributed by atoms with Gasteiger partial charge in [0.2, 0.25) is 5.91 Å². The lowest BCUT2D eigenvalue weighted by molar-refractivity contribution is -0.118. The standard InChI is InChI=1S/C22H28N4O3S/c1-22(2,3)17-9-7-16(8-10-17)20-24-25-21(26(20)14-18-6-5-12-29-18)30-15-19(27)23-11-13-28-4/h5-10,12H,11,13-15H2,1-4H3,(H,23,27). The molecule has 1 aromatic carbocycles. The van der Waals surface area contributed by atoms with Crippen LogP contribution in [-0.4, -0.2) is 46.7 Å². The van der Waals surface area contributed by atoms with Crippen LogP contribution in [0.1, 0.15) is 32.1 Å². The van der Waals surface area contributed by atoms with E-state index in [1.54, 1.807) is 13.4 Å². The smallest absolute Gasteiger partial charge is 0.230 e. The molecule has 0 saturated carbocycles. The molecule has 0 aliphatic carbocycles. The normalized spacial score (nSPS) is 11.6. The van der Waals surface area contributed by atoms with Gasteiger partial charge in [-0.2, -0.15) is 0 Å². The van der Waals surface area contributed by atoms with E-state index in [0.29, 0.717) is 24.9 Å². The summed E-state index contributed by atoms with van der Waals surface area (Å²) < 4.78 is 12.5. The molecule has 160 valence electrons. The van der Waals surface area contributed by atoms with Crippen molar-refractivity contribution >= 4 is 17.7 Å². The summed E-state index contributed by atoms with van der Waals surface area (Å²) in [6.45, 7) is 8.03. The van der Waals surface area contributed by atoms with Crippen molar-refractivity contribution in [3.05, 3.63) is 54.0 Å². The summed E-state index contributed by atoms with van der Waals surface area (Å²) in [6, 6.07) is 12.1. The maximum Gasteiger partial charge on any atom is 0.230 e. The lowest BCUT2D eigenvalue weighted by Gasteiger charge is -2.19. The van der Waals surface area contributed by atoms with Gasteiger partial charge in [0.15, 0.2) is 11.0 Å². The van der Waals surface area contributed by atoms with Crippen LogP contribution in [0.15, 0.2) is 52.2 Å². The highest BCUT2D eigenvalue weighted by molar-refractivity contribution is 7.99. The number of thioether (sulfide) groups is 1. The first-order valence-corrected chi connectivity index (χ1v) is 10.8. The minimum atomic E-state index is -0.0688. The third-order valence-corrected chi connectivity index (χ3v) is 5.55. The number of methoxy groups -OCH3 is 1. The summed E-state index contributed by atoms with van der Waals surface area (Å²) in [5.41, 5.74) is 2.31. The molecule has 8 heteroatoms. The van der Waals surface area contributed by atoms with Crippen LogP contribution in [-0.2, 0) is 21.5 Å². The van der Waals surface area contributed by atoms with E-state index in [4.69, 9.17) is 9.15 Å². The second-order valence-electron chi connectivity index (χ2n) is 7.93. The van der Waals surface area contributed by atoms with E-state index in [1.807, 2.05) is 16.7 Å². The fourth-order valence-electron chi connectivity index (χ4n) is 2.90. The maximum absolute atomic E-state index is 12.1. The van der Waals surface area contributed by atoms with E-state index < -0.39 is 0 Å². The highest BCUT2D eigenvalue weighted by Crippen LogP contribution is 2.28. The molecule has 1 amide bonds. The van der Waals surface area contributed by atoms with Crippen LogP contribution in [0.4, 0.5) is 0 Å². The van der Waals surface area contributed by atoms with Crippen molar-refractivity contribution in [1.82, 2.24) is 20.1 Å². The van der Waals surface area contributed by atoms with Crippen LogP contribution in [0, 0.1) is 0 Å². The zero-order valence-electron chi connectivity index (χ0n) is 17.8. The first-order chi connectivity index (χ1) is 14.4. The van der Waals surface area contributed by atoms with Gasteiger partial charge >= 0.3 is 0 Å². The molecule has 7 nitrogen and oxygen atoms in total. The largest absolute Gasteiger partial charge is 0.467 e. The summed E-state index contributed by atoms with van der Waals surface area (Å²) in [5.74, 6) is 1.73. The van der Waals surface area contributed by atoms with Gasteiger partial charge in [0.1, 0.15) is 5.76 Å². The number of nitrogens with one attached hydrogen (secondary N) is 1. The van der Waals surface area contributed by atoms with Crippen molar-refractivity contribution in [2.75, 3.05) is 26.0 Å². The summed E-state index contributed by atoms with van der Waals surface area (Å²) >= 11 is 1.35. The number of rotatable bonds is 9. The minimum Gasteiger partial charge on any atom is -0.467 e. The Bertz CT molecular complexity index is 944. The maximum atomic E-state index is 12.1. The summed E-state index contributed by atoms with van der Waals surface area (Å²) in [6.07, 6.45) is 1.65. The quantitative estimate of drug-likeness (QED) is 0.413. The Morgan fingerprint density at radius 1 is 1.20 bits per heavy atom. The van der Waals surface area contributed by atoms with E-state index in [9.17, 15) is 4.79 Å².